The van der Waals surface area contributed by atoms with Crippen LogP contribution in [0.1, 0.15) is 17.0 Å². The van der Waals surface area contributed by atoms with Crippen molar-refractivity contribution in [1.82, 2.24) is 14.9 Å². The predicted octanol–water partition coefficient (Wildman–Crippen LogP) is 5.43. The molecule has 0 atom stereocenters. The highest BCUT2D eigenvalue weighted by Crippen LogP contribution is 2.30. The standard InChI is InChI=1S/C17H13Cl3N4S/c1-25-17-23-22-15(9-11-5-3-2-4-6-11)24(17)21-10-12-13(18)7-8-14(19)16(12)20/h2-8,10H,9H2,1H3/b21-10-. The van der Waals surface area contributed by atoms with Gasteiger partial charge in [-0.3, -0.25) is 0 Å². The van der Waals surface area contributed by atoms with Gasteiger partial charge in [0.25, 0.3) is 0 Å². The van der Waals surface area contributed by atoms with Crippen LogP contribution in [0.25, 0.3) is 0 Å². The van der Waals surface area contributed by atoms with Crippen molar-refractivity contribution in [2.24, 2.45) is 5.10 Å². The molecule has 8 heteroatoms. The summed E-state index contributed by atoms with van der Waals surface area (Å²) in [6.45, 7) is 0. The third kappa shape index (κ3) is 4.18. The number of halogens is 3. The summed E-state index contributed by atoms with van der Waals surface area (Å²) >= 11 is 19.9. The van der Waals surface area contributed by atoms with Gasteiger partial charge in [0.1, 0.15) is 0 Å². The van der Waals surface area contributed by atoms with Gasteiger partial charge >= 0.3 is 0 Å². The second kappa shape index (κ2) is 8.23. The maximum Gasteiger partial charge on any atom is 0.211 e. The largest absolute Gasteiger partial charge is 0.211 e. The van der Waals surface area contributed by atoms with Gasteiger partial charge in [0.2, 0.25) is 5.16 Å². The van der Waals surface area contributed by atoms with Gasteiger partial charge in [0, 0.05) is 12.0 Å². The molecule has 1 heterocycles. The molecular weight excluding hydrogens is 399 g/mol. The molecule has 3 rings (SSSR count). The van der Waals surface area contributed by atoms with E-state index in [1.807, 2.05) is 36.6 Å². The van der Waals surface area contributed by atoms with Crippen molar-refractivity contribution in [3.63, 3.8) is 0 Å². The van der Waals surface area contributed by atoms with Gasteiger partial charge in [-0.1, -0.05) is 76.9 Å². The Kier molecular flexibility index (Phi) is 6.02. The minimum Gasteiger partial charge on any atom is -0.191 e. The van der Waals surface area contributed by atoms with Gasteiger partial charge in [-0.2, -0.15) is 9.78 Å². The van der Waals surface area contributed by atoms with E-state index < -0.39 is 0 Å². The molecule has 0 aliphatic carbocycles. The molecule has 0 fully saturated rings. The van der Waals surface area contributed by atoms with Gasteiger partial charge in [0.05, 0.1) is 21.3 Å². The quantitative estimate of drug-likeness (QED) is 0.319. The zero-order valence-corrected chi connectivity index (χ0v) is 16.2. The summed E-state index contributed by atoms with van der Waals surface area (Å²) in [6.07, 6.45) is 4.11. The molecule has 3 aromatic rings. The zero-order chi connectivity index (χ0) is 17.8. The lowest BCUT2D eigenvalue weighted by Gasteiger charge is -2.05. The van der Waals surface area contributed by atoms with Gasteiger partial charge < -0.3 is 0 Å². The van der Waals surface area contributed by atoms with E-state index in [2.05, 4.69) is 15.3 Å². The summed E-state index contributed by atoms with van der Waals surface area (Å²) in [5, 5.41) is 14.8. The van der Waals surface area contributed by atoms with Crippen LogP contribution in [0.4, 0.5) is 0 Å². The van der Waals surface area contributed by atoms with E-state index in [1.54, 1.807) is 23.0 Å². The van der Waals surface area contributed by atoms with Crippen LogP contribution in [0.5, 0.6) is 0 Å². The molecule has 0 aliphatic rings. The Labute approximate surface area is 164 Å². The lowest BCUT2D eigenvalue weighted by atomic mass is 10.1. The van der Waals surface area contributed by atoms with Crippen molar-refractivity contribution in [1.29, 1.82) is 0 Å². The van der Waals surface area contributed by atoms with Crippen molar-refractivity contribution in [3.05, 3.63) is 74.5 Å². The summed E-state index contributed by atoms with van der Waals surface area (Å²) in [6, 6.07) is 13.3. The van der Waals surface area contributed by atoms with Crippen molar-refractivity contribution >= 4 is 52.8 Å². The first-order chi connectivity index (χ1) is 12.1. The second-order valence-corrected chi connectivity index (χ2v) is 7.04. The topological polar surface area (TPSA) is 43.1 Å². The van der Waals surface area contributed by atoms with Crippen LogP contribution < -0.4 is 0 Å². The van der Waals surface area contributed by atoms with Crippen LogP contribution in [0.2, 0.25) is 15.1 Å². The summed E-state index contributed by atoms with van der Waals surface area (Å²) < 4.78 is 1.69. The summed E-state index contributed by atoms with van der Waals surface area (Å²) in [4.78, 5) is 0. The second-order valence-electron chi connectivity index (χ2n) is 5.08. The lowest BCUT2D eigenvalue weighted by Crippen LogP contribution is -2.01. The fraction of sp³-hybridized carbons (Fsp3) is 0.118. The van der Waals surface area contributed by atoms with Gasteiger partial charge in [-0.15, -0.1) is 10.2 Å². The Balaban J connectivity index is 1.97. The molecule has 2 aromatic carbocycles. The Morgan fingerprint density at radius 2 is 1.76 bits per heavy atom. The Bertz CT molecular complexity index is 910. The number of nitrogens with zero attached hydrogens (tertiary/aromatic N) is 4. The average Bonchev–Trinajstić information content (AvgIpc) is 3.01. The molecule has 0 saturated carbocycles. The fourth-order valence-corrected chi connectivity index (χ4v) is 3.29. The van der Waals surface area contributed by atoms with Crippen LogP contribution in [0.3, 0.4) is 0 Å². The molecule has 0 spiro atoms. The number of rotatable bonds is 5. The Morgan fingerprint density at radius 3 is 2.48 bits per heavy atom. The van der Waals surface area contributed by atoms with Crippen LogP contribution in [-0.4, -0.2) is 27.3 Å². The highest BCUT2D eigenvalue weighted by atomic mass is 35.5. The molecular formula is C17H13Cl3N4S. The van der Waals surface area contributed by atoms with E-state index in [1.165, 1.54) is 11.8 Å². The SMILES string of the molecule is CSc1nnc(Cc2ccccc2)n1/N=C\c1c(Cl)ccc(Cl)c1Cl. The monoisotopic (exact) mass is 410 g/mol. The molecule has 1 aromatic heterocycles. The zero-order valence-electron chi connectivity index (χ0n) is 13.2. The van der Waals surface area contributed by atoms with E-state index >= 15 is 0 Å². The number of thioether (sulfide) groups is 1. The fourth-order valence-electron chi connectivity index (χ4n) is 2.20. The minimum atomic E-state index is 0.362. The van der Waals surface area contributed by atoms with Crippen molar-refractivity contribution in [2.75, 3.05) is 6.26 Å². The Morgan fingerprint density at radius 1 is 1.04 bits per heavy atom. The molecule has 128 valence electrons. The average molecular weight is 412 g/mol. The first kappa shape index (κ1) is 18.3. The van der Waals surface area contributed by atoms with E-state index in [4.69, 9.17) is 34.8 Å². The molecule has 25 heavy (non-hydrogen) atoms. The molecule has 0 bridgehead atoms. The van der Waals surface area contributed by atoms with E-state index in [9.17, 15) is 0 Å². The van der Waals surface area contributed by atoms with Crippen LogP contribution >= 0.6 is 46.6 Å². The molecule has 4 nitrogen and oxygen atoms in total. The van der Waals surface area contributed by atoms with Crippen LogP contribution in [0, 0.1) is 0 Å². The number of benzene rings is 2. The van der Waals surface area contributed by atoms with Gasteiger partial charge in [-0.25, -0.2) is 0 Å². The first-order valence-electron chi connectivity index (χ1n) is 7.30. The maximum atomic E-state index is 6.23. The van der Waals surface area contributed by atoms with Crippen LogP contribution in [0.15, 0.2) is 52.7 Å². The Hall–Kier alpha value is -1.53. The van der Waals surface area contributed by atoms with Crippen LogP contribution in [-0.2, 0) is 6.42 Å². The summed E-state index contributed by atoms with van der Waals surface area (Å²) in [5.74, 6) is 0.723. The minimum absolute atomic E-state index is 0.362. The van der Waals surface area contributed by atoms with Gasteiger partial charge in [-0.05, 0) is 24.0 Å². The first-order valence-corrected chi connectivity index (χ1v) is 9.66. The predicted molar refractivity (Wildman–Crippen MR) is 106 cm³/mol. The molecule has 0 radical (unpaired) electrons. The highest BCUT2D eigenvalue weighted by molar-refractivity contribution is 7.98. The number of hydrogen-bond acceptors (Lipinski definition) is 4. The van der Waals surface area contributed by atoms with Crippen molar-refractivity contribution < 1.29 is 0 Å². The molecule has 0 amide bonds. The maximum absolute atomic E-state index is 6.23. The number of hydrogen-bond donors (Lipinski definition) is 0. The van der Waals surface area contributed by atoms with E-state index in [0.717, 1.165) is 11.4 Å². The third-order valence-corrected chi connectivity index (χ3v) is 5.21. The summed E-state index contributed by atoms with van der Waals surface area (Å²) in [5.41, 5.74) is 1.68. The van der Waals surface area contributed by atoms with E-state index in [0.29, 0.717) is 32.2 Å². The van der Waals surface area contributed by atoms with Crippen molar-refractivity contribution in [3.8, 4) is 0 Å². The molecule has 0 aliphatic heterocycles. The summed E-state index contributed by atoms with van der Waals surface area (Å²) in [7, 11) is 0. The normalized spacial score (nSPS) is 11.4. The van der Waals surface area contributed by atoms with E-state index in [-0.39, 0.29) is 0 Å². The third-order valence-electron chi connectivity index (χ3n) is 3.45. The molecule has 0 saturated heterocycles. The lowest BCUT2D eigenvalue weighted by molar-refractivity contribution is 0.730. The highest BCUT2D eigenvalue weighted by Gasteiger charge is 2.12. The smallest absolute Gasteiger partial charge is 0.191 e. The molecule has 0 N–H and O–H groups in total. The van der Waals surface area contributed by atoms with Gasteiger partial charge in [0.15, 0.2) is 5.82 Å². The molecule has 0 unspecified atom stereocenters. The number of aromatic nitrogens is 3. The van der Waals surface area contributed by atoms with Crippen molar-refractivity contribution in [2.45, 2.75) is 11.6 Å².